The third-order valence-electron chi connectivity index (χ3n) is 12.2. The number of benzene rings is 2. The zero-order valence-corrected chi connectivity index (χ0v) is 41.0. The van der Waals surface area contributed by atoms with Gasteiger partial charge in [-0.05, 0) is 89.3 Å². The highest BCUT2D eigenvalue weighted by Crippen LogP contribution is 2.17. The van der Waals surface area contributed by atoms with Gasteiger partial charge >= 0.3 is 0 Å². The highest BCUT2D eigenvalue weighted by atomic mass is 16.5. The van der Waals surface area contributed by atoms with E-state index in [0.29, 0.717) is 39.5 Å². The topological polar surface area (TPSA) is 137 Å². The monoisotopic (exact) mass is 929 g/mol. The molecular weight excluding hydrogens is 857 g/mol. The second kappa shape index (κ2) is 26.5. The van der Waals surface area contributed by atoms with Crippen LogP contribution >= 0.6 is 0 Å². The molecule has 0 radical (unpaired) electrons. The van der Waals surface area contributed by atoms with Crippen molar-refractivity contribution in [2.45, 2.75) is 64.2 Å². The molecule has 2 aromatic carbocycles. The van der Waals surface area contributed by atoms with Gasteiger partial charge in [0.25, 0.3) is 0 Å². The zero-order chi connectivity index (χ0) is 47.5. The minimum atomic E-state index is 0.0275. The number of aromatic nitrogens is 8. The first-order valence-corrected chi connectivity index (χ1v) is 24.1. The van der Waals surface area contributed by atoms with Gasteiger partial charge in [0.15, 0.2) is 0 Å². The average molecular weight is 929 g/mol. The smallest absolute Gasteiger partial charge is 0.112 e. The van der Waals surface area contributed by atoms with Crippen molar-refractivity contribution >= 4 is 0 Å². The molecule has 364 valence electrons. The van der Waals surface area contributed by atoms with Crippen molar-refractivity contribution in [1.82, 2.24) is 59.1 Å². The van der Waals surface area contributed by atoms with Gasteiger partial charge < -0.3 is 38.5 Å². The number of rotatable bonds is 10. The summed E-state index contributed by atoms with van der Waals surface area (Å²) >= 11 is 0. The van der Waals surface area contributed by atoms with E-state index in [-0.39, 0.29) is 24.4 Å². The normalized spacial score (nSPS) is 21.6. The molecular formula is C52H72N12O4. The van der Waals surface area contributed by atoms with Crippen LogP contribution in [-0.4, -0.2) is 190 Å². The van der Waals surface area contributed by atoms with Crippen LogP contribution in [0.5, 0.6) is 0 Å². The Morgan fingerprint density at radius 2 is 0.809 bits per heavy atom. The van der Waals surface area contributed by atoms with E-state index in [4.69, 9.17) is 29.1 Å². The van der Waals surface area contributed by atoms with Gasteiger partial charge in [0.1, 0.15) is 22.8 Å². The predicted molar refractivity (Wildman–Crippen MR) is 265 cm³/mol. The van der Waals surface area contributed by atoms with Crippen LogP contribution in [0.1, 0.15) is 36.1 Å². The minimum absolute atomic E-state index is 0.0275. The summed E-state index contributed by atoms with van der Waals surface area (Å²) < 4.78 is 29.9. The van der Waals surface area contributed by atoms with Gasteiger partial charge in [0.05, 0.1) is 76.3 Å². The van der Waals surface area contributed by atoms with Crippen molar-refractivity contribution in [3.05, 3.63) is 132 Å². The summed E-state index contributed by atoms with van der Waals surface area (Å²) in [7, 11) is 8.61. The Morgan fingerprint density at radius 3 is 1.19 bits per heavy atom. The lowest BCUT2D eigenvalue weighted by molar-refractivity contribution is -0.0134. The van der Waals surface area contributed by atoms with Crippen LogP contribution in [0.2, 0.25) is 0 Å². The lowest BCUT2D eigenvalue weighted by Gasteiger charge is -2.28. The third kappa shape index (κ3) is 17.0. The summed E-state index contributed by atoms with van der Waals surface area (Å²) in [5.41, 5.74) is 8.02. The van der Waals surface area contributed by atoms with E-state index in [0.717, 1.165) is 88.0 Å². The molecule has 1 aliphatic heterocycles. The Labute approximate surface area is 403 Å². The number of nitrogens with zero attached hydrogens (tertiary/aromatic N) is 12. The maximum absolute atomic E-state index is 6.65. The molecule has 16 nitrogen and oxygen atoms in total. The summed E-state index contributed by atoms with van der Waals surface area (Å²) in [6, 6.07) is 21.6. The fourth-order valence-electron chi connectivity index (χ4n) is 8.46. The molecule has 68 heavy (non-hydrogen) atoms. The Hall–Kier alpha value is -5.30. The first-order valence-electron chi connectivity index (χ1n) is 24.1. The minimum Gasteiger partial charge on any atom is -0.376 e. The van der Waals surface area contributed by atoms with Crippen LogP contribution in [-0.2, 0) is 44.9 Å². The molecule has 1 aliphatic rings. The lowest BCUT2D eigenvalue weighted by Crippen LogP contribution is -2.39. The Kier molecular flexibility index (Phi) is 19.7. The molecule has 16 heteroatoms. The number of ether oxygens (including phenoxy) is 4. The van der Waals surface area contributed by atoms with Crippen molar-refractivity contribution in [3.8, 4) is 22.8 Å². The van der Waals surface area contributed by atoms with Crippen molar-refractivity contribution < 1.29 is 18.9 Å². The van der Waals surface area contributed by atoms with E-state index in [2.05, 4.69) is 130 Å². The largest absolute Gasteiger partial charge is 0.376 e. The molecule has 1 saturated heterocycles. The van der Waals surface area contributed by atoms with Crippen LogP contribution in [0.4, 0.5) is 0 Å². The maximum Gasteiger partial charge on any atom is 0.112 e. The van der Waals surface area contributed by atoms with Gasteiger partial charge in [0, 0.05) is 89.5 Å². The average Bonchev–Trinajstić information content (AvgIpc) is 4.00. The fourth-order valence-corrected chi connectivity index (χ4v) is 8.46. The molecule has 1 fully saturated rings. The molecule has 5 heterocycles. The van der Waals surface area contributed by atoms with Crippen LogP contribution in [0.15, 0.2) is 110 Å². The molecule has 4 unspecified atom stereocenters. The molecule has 0 saturated carbocycles. The van der Waals surface area contributed by atoms with Gasteiger partial charge in [-0.25, -0.2) is 0 Å². The molecule has 0 aliphatic carbocycles. The molecule has 0 bridgehead atoms. The Balaban J connectivity index is 0.904. The van der Waals surface area contributed by atoms with Crippen LogP contribution < -0.4 is 0 Å². The maximum atomic E-state index is 6.65. The SMILES string of the molecule is CC1CN(C)CCOC(Cc2ccc(Cn3ccc(-c4cnccn4)n3)cc2)CN(C)CCOC(C)CN(C)CCOC(Cc2ccc(Cn3ccc(-c4cnccn4)n3)cc2)CN(C)CCO1. The van der Waals surface area contributed by atoms with E-state index >= 15 is 0 Å². The first kappa shape index (κ1) is 50.6. The van der Waals surface area contributed by atoms with E-state index in [9.17, 15) is 0 Å². The third-order valence-corrected chi connectivity index (χ3v) is 12.2. The van der Waals surface area contributed by atoms with Gasteiger partial charge in [-0.3, -0.25) is 29.3 Å². The molecule has 4 aromatic heterocycles. The second-order valence-electron chi connectivity index (χ2n) is 18.4. The molecule has 0 N–H and O–H groups in total. The second-order valence-corrected chi connectivity index (χ2v) is 18.4. The van der Waals surface area contributed by atoms with Gasteiger partial charge in [-0.15, -0.1) is 0 Å². The van der Waals surface area contributed by atoms with E-state index in [1.807, 2.05) is 33.9 Å². The Morgan fingerprint density at radius 1 is 0.441 bits per heavy atom. The van der Waals surface area contributed by atoms with Crippen LogP contribution in [0, 0.1) is 0 Å². The summed E-state index contributed by atoms with van der Waals surface area (Å²) in [5.74, 6) is 0. The van der Waals surface area contributed by atoms with E-state index < -0.39 is 0 Å². The summed E-state index contributed by atoms with van der Waals surface area (Å²) in [4.78, 5) is 26.4. The van der Waals surface area contributed by atoms with Crippen molar-refractivity contribution in [2.24, 2.45) is 0 Å². The van der Waals surface area contributed by atoms with Crippen LogP contribution in [0.3, 0.4) is 0 Å². The highest BCUT2D eigenvalue weighted by Gasteiger charge is 2.19. The first-order chi connectivity index (χ1) is 33.1. The highest BCUT2D eigenvalue weighted by molar-refractivity contribution is 5.52. The summed E-state index contributed by atoms with van der Waals surface area (Å²) in [5, 5.41) is 9.43. The van der Waals surface area contributed by atoms with Crippen molar-refractivity contribution in [3.63, 3.8) is 0 Å². The van der Waals surface area contributed by atoms with Crippen LogP contribution in [0.25, 0.3) is 22.8 Å². The fraction of sp³-hybridized carbons (Fsp3) is 0.500. The summed E-state index contributed by atoms with van der Waals surface area (Å²) in [6.45, 7) is 14.7. The lowest BCUT2D eigenvalue weighted by atomic mass is 10.1. The van der Waals surface area contributed by atoms with E-state index in [1.54, 1.807) is 37.2 Å². The van der Waals surface area contributed by atoms with Gasteiger partial charge in [-0.2, -0.15) is 10.2 Å². The van der Waals surface area contributed by atoms with Gasteiger partial charge in [0.2, 0.25) is 0 Å². The molecule has 0 amide bonds. The molecule has 7 rings (SSSR count). The molecule has 6 aromatic rings. The number of hydrogen-bond donors (Lipinski definition) is 0. The summed E-state index contributed by atoms with van der Waals surface area (Å²) in [6.07, 6.45) is 16.0. The molecule has 0 spiro atoms. The number of hydrogen-bond acceptors (Lipinski definition) is 14. The number of likely N-dealkylation sites (N-methyl/N-ethyl adjacent to an activating group) is 4. The molecule has 4 atom stereocenters. The Bertz CT molecular complexity index is 2150. The van der Waals surface area contributed by atoms with Crippen molar-refractivity contribution in [1.29, 1.82) is 0 Å². The van der Waals surface area contributed by atoms with Gasteiger partial charge in [-0.1, -0.05) is 48.5 Å². The zero-order valence-electron chi connectivity index (χ0n) is 41.0. The van der Waals surface area contributed by atoms with Crippen molar-refractivity contribution in [2.75, 3.05) is 107 Å². The predicted octanol–water partition coefficient (Wildman–Crippen LogP) is 5.20. The standard InChI is InChI=1S/C52H72N12O4/c1-41-35-59(3)25-29-67-48(32-44-9-13-46(14-10-44)38-64-22-16-50(58-64)52-34-54-18-20-56-52)40-62(6)24-28-66-42(2)36-60(4)26-30-68-47(39-61(5)23-27-65-41)31-43-7-11-45(12-8-43)37-63-21-15-49(57-63)51-33-53-17-19-55-51/h7-22,33-34,41-42,47-48H,23-32,35-40H2,1-6H3. The quantitative estimate of drug-likeness (QED) is 0.178. The van der Waals surface area contributed by atoms with E-state index in [1.165, 1.54) is 22.3 Å².